The molecule has 1 unspecified atom stereocenters. The lowest BCUT2D eigenvalue weighted by atomic mass is 9.71. The van der Waals surface area contributed by atoms with Gasteiger partial charge in [-0.25, -0.2) is 22.1 Å². The first-order valence-electron chi connectivity index (χ1n) is 10.3. The van der Waals surface area contributed by atoms with E-state index in [4.69, 9.17) is 0 Å². The van der Waals surface area contributed by atoms with Crippen LogP contribution in [0.2, 0.25) is 0 Å². The van der Waals surface area contributed by atoms with E-state index in [0.717, 1.165) is 12.8 Å². The number of nitrogens with one attached hydrogen (secondary N) is 1. The molecular formula is C19H29FN6O4S. The highest BCUT2D eigenvalue weighted by Gasteiger charge is 2.56. The summed E-state index contributed by atoms with van der Waals surface area (Å²) in [5.74, 6) is -1.51. The highest BCUT2D eigenvalue weighted by molar-refractivity contribution is 7.85. The molecule has 172 valence electrons. The van der Waals surface area contributed by atoms with Gasteiger partial charge in [0.15, 0.2) is 18.1 Å². The first kappa shape index (κ1) is 23.7. The molecule has 2 fully saturated rings. The van der Waals surface area contributed by atoms with Crippen LogP contribution in [0.3, 0.4) is 0 Å². The van der Waals surface area contributed by atoms with Crippen molar-refractivity contribution >= 4 is 16.0 Å². The fourth-order valence-electron chi connectivity index (χ4n) is 5.15. The van der Waals surface area contributed by atoms with E-state index < -0.39 is 50.7 Å². The van der Waals surface area contributed by atoms with Crippen LogP contribution >= 0.6 is 0 Å². The maximum Gasteiger partial charge on any atom is 0.329 e. The number of carbonyl (C=O) groups is 1. The molecule has 0 radical (unpaired) electrons. The molecule has 1 aromatic rings. The van der Waals surface area contributed by atoms with Crippen LogP contribution in [0.15, 0.2) is 12.4 Å². The molecule has 10 nitrogen and oxygen atoms in total. The predicted molar refractivity (Wildman–Crippen MR) is 107 cm³/mol. The second-order valence-corrected chi connectivity index (χ2v) is 10.9. The number of hydrogen-bond donors (Lipinski definition) is 1. The Morgan fingerprint density at radius 3 is 2.74 bits per heavy atom. The van der Waals surface area contributed by atoms with Crippen molar-refractivity contribution in [2.45, 2.75) is 64.3 Å². The molecule has 1 aliphatic heterocycles. The Balaban J connectivity index is 1.76. The van der Waals surface area contributed by atoms with Gasteiger partial charge < -0.3 is 4.55 Å². The molecule has 0 spiro atoms. The zero-order valence-electron chi connectivity index (χ0n) is 18.0. The Morgan fingerprint density at radius 1 is 1.45 bits per heavy atom. The summed E-state index contributed by atoms with van der Waals surface area (Å²) in [5.41, 5.74) is -0.720. The molecule has 1 N–H and O–H groups in total. The van der Waals surface area contributed by atoms with Crippen molar-refractivity contribution in [3.63, 3.8) is 0 Å². The first-order valence-corrected chi connectivity index (χ1v) is 11.9. The Bertz CT molecular complexity index is 963. The normalized spacial score (nSPS) is 35.2. The number of nitriles is 1. The number of likely N-dealkylation sites (tertiary alicyclic amines) is 1. The minimum Gasteiger partial charge on any atom is -0.744 e. The van der Waals surface area contributed by atoms with E-state index in [9.17, 15) is 27.4 Å². The molecule has 1 aliphatic carbocycles. The maximum atomic E-state index is 14.1. The van der Waals surface area contributed by atoms with Gasteiger partial charge in [-0.05, 0) is 31.1 Å². The van der Waals surface area contributed by atoms with Gasteiger partial charge in [0.1, 0.15) is 29.3 Å². The summed E-state index contributed by atoms with van der Waals surface area (Å²) >= 11 is 0. The fraction of sp³-hybridized carbons (Fsp3) is 0.789. The lowest BCUT2D eigenvalue weighted by Crippen LogP contribution is -2.63. The lowest BCUT2D eigenvalue weighted by Gasteiger charge is -2.43. The van der Waals surface area contributed by atoms with E-state index in [1.807, 2.05) is 13.0 Å². The van der Waals surface area contributed by atoms with Crippen molar-refractivity contribution in [2.75, 3.05) is 19.0 Å². The van der Waals surface area contributed by atoms with Gasteiger partial charge in [-0.3, -0.25) is 10.00 Å². The topological polar surface area (TPSA) is 141 Å². The molecule has 2 heterocycles. The van der Waals surface area contributed by atoms with Gasteiger partial charge in [0, 0.05) is 18.3 Å². The smallest absolute Gasteiger partial charge is 0.329 e. The summed E-state index contributed by atoms with van der Waals surface area (Å²) in [4.78, 5) is 13.2. The first-order chi connectivity index (χ1) is 14.3. The van der Waals surface area contributed by atoms with Crippen molar-refractivity contribution in [1.82, 2.24) is 20.3 Å². The number of quaternary nitrogens is 1. The average Bonchev–Trinajstić information content (AvgIpc) is 3.33. The number of rotatable bonds is 7. The van der Waals surface area contributed by atoms with Crippen molar-refractivity contribution in [3.8, 4) is 6.07 Å². The van der Waals surface area contributed by atoms with Gasteiger partial charge in [0.25, 0.3) is 0 Å². The van der Waals surface area contributed by atoms with Crippen LogP contribution in [-0.4, -0.2) is 75.1 Å². The quantitative estimate of drug-likeness (QED) is 0.463. The number of amides is 1. The zero-order valence-corrected chi connectivity index (χ0v) is 18.8. The summed E-state index contributed by atoms with van der Waals surface area (Å²) < 4.78 is 49.4. The minimum absolute atomic E-state index is 0.251. The SMILES string of the molecule is CC1(C)[C@H](Cn2ccnn2)CC[C@]1(C)NCC(=O)[N+]1(CS(=O)(=O)[O-])C[C@@H](F)C[C@H]1C#N. The number of aromatic nitrogens is 3. The molecule has 0 aromatic carbocycles. The second kappa shape index (κ2) is 8.20. The fourth-order valence-corrected chi connectivity index (χ4v) is 6.14. The van der Waals surface area contributed by atoms with E-state index in [2.05, 4.69) is 29.5 Å². The summed E-state index contributed by atoms with van der Waals surface area (Å²) in [5, 5.41) is 20.5. The van der Waals surface area contributed by atoms with E-state index in [0.29, 0.717) is 6.54 Å². The van der Waals surface area contributed by atoms with E-state index >= 15 is 0 Å². The molecule has 5 atom stereocenters. The van der Waals surface area contributed by atoms with Crippen LogP contribution < -0.4 is 5.32 Å². The second-order valence-electron chi connectivity index (χ2n) is 9.54. The largest absolute Gasteiger partial charge is 0.744 e. The van der Waals surface area contributed by atoms with Gasteiger partial charge in [-0.2, -0.15) is 5.26 Å². The standard InChI is InChI=1S/C19H29FN6O4S/c1-18(2)14(11-25-7-6-23-24-25)4-5-19(18,3)22-10-17(27)26(13-31(28,29)30)12-15(20)8-16(26)9-21/h6-7,14-16,22H,4-5,8,10-13H2,1-3H3/t14-,15-,16-,19-,26?/m0/s1. The van der Waals surface area contributed by atoms with Crippen LogP contribution in [0, 0.1) is 22.7 Å². The van der Waals surface area contributed by atoms with E-state index in [-0.39, 0.29) is 24.3 Å². The van der Waals surface area contributed by atoms with Gasteiger partial charge >= 0.3 is 5.91 Å². The van der Waals surface area contributed by atoms with Crippen LogP contribution in [-0.2, 0) is 21.5 Å². The number of hydrogen-bond acceptors (Lipinski definition) is 8. The molecule has 12 heteroatoms. The highest BCUT2D eigenvalue weighted by atomic mass is 32.2. The van der Waals surface area contributed by atoms with Crippen LogP contribution in [0.1, 0.15) is 40.0 Å². The Morgan fingerprint density at radius 2 is 2.16 bits per heavy atom. The third kappa shape index (κ3) is 4.50. The molecule has 3 rings (SSSR count). The van der Waals surface area contributed by atoms with Crippen molar-refractivity contribution in [1.29, 1.82) is 5.26 Å². The van der Waals surface area contributed by atoms with Gasteiger partial charge in [-0.1, -0.05) is 19.1 Å². The lowest BCUT2D eigenvalue weighted by molar-refractivity contribution is -0.847. The zero-order chi connectivity index (χ0) is 23.1. The van der Waals surface area contributed by atoms with E-state index in [1.165, 1.54) is 0 Å². The Labute approximate surface area is 181 Å². The van der Waals surface area contributed by atoms with Gasteiger partial charge in [0.2, 0.25) is 0 Å². The highest BCUT2D eigenvalue weighted by Crippen LogP contribution is 2.50. The summed E-state index contributed by atoms with van der Waals surface area (Å²) in [6, 6.07) is 0.642. The third-order valence-corrected chi connectivity index (χ3v) is 8.36. The predicted octanol–water partition coefficient (Wildman–Crippen LogP) is 0.543. The summed E-state index contributed by atoms with van der Waals surface area (Å²) in [6.07, 6.45) is 3.28. The van der Waals surface area contributed by atoms with Crippen molar-refractivity contribution in [3.05, 3.63) is 12.4 Å². The molecule has 1 saturated carbocycles. The summed E-state index contributed by atoms with van der Waals surface area (Å²) in [6.45, 7) is 6.13. The molecule has 31 heavy (non-hydrogen) atoms. The number of nitrogens with zero attached hydrogens (tertiary/aromatic N) is 5. The van der Waals surface area contributed by atoms with Crippen molar-refractivity contribution in [2.24, 2.45) is 11.3 Å². The number of halogens is 1. The molecule has 1 aromatic heterocycles. The van der Waals surface area contributed by atoms with Gasteiger partial charge in [0.05, 0.1) is 12.6 Å². The number of alkyl halides is 1. The monoisotopic (exact) mass is 456 g/mol. The molecule has 1 amide bonds. The van der Waals surface area contributed by atoms with Crippen LogP contribution in [0.4, 0.5) is 4.39 Å². The van der Waals surface area contributed by atoms with Crippen molar-refractivity contribution < 1.29 is 26.6 Å². The minimum atomic E-state index is -4.85. The number of carbonyl (C=O) groups excluding carboxylic acids is 1. The maximum absolute atomic E-state index is 14.1. The van der Waals surface area contributed by atoms with Gasteiger partial charge in [-0.15, -0.1) is 5.10 Å². The third-order valence-electron chi connectivity index (χ3n) is 7.58. The average molecular weight is 457 g/mol. The molecule has 0 bridgehead atoms. The molecule has 1 saturated heterocycles. The molecular weight excluding hydrogens is 427 g/mol. The summed E-state index contributed by atoms with van der Waals surface area (Å²) in [7, 11) is -4.85. The van der Waals surface area contributed by atoms with Crippen LogP contribution in [0.25, 0.3) is 0 Å². The molecule has 2 aliphatic rings. The van der Waals surface area contributed by atoms with Crippen LogP contribution in [0.5, 0.6) is 0 Å². The Kier molecular flexibility index (Phi) is 6.27. The Hall–Kier alpha value is -1.94. The van der Waals surface area contributed by atoms with E-state index in [1.54, 1.807) is 17.1 Å².